The second-order valence-electron chi connectivity index (χ2n) is 8.10. The maximum atomic E-state index is 13.0. The lowest BCUT2D eigenvalue weighted by atomic mass is 10.1. The molecule has 7 nitrogen and oxygen atoms in total. The van der Waals surface area contributed by atoms with Crippen LogP contribution in [0.15, 0.2) is 34.2 Å². The monoisotopic (exact) mass is 440 g/mol. The van der Waals surface area contributed by atoms with Crippen molar-refractivity contribution >= 4 is 17.2 Å². The van der Waals surface area contributed by atoms with Crippen LogP contribution in [0.3, 0.4) is 0 Å². The van der Waals surface area contributed by atoms with E-state index in [9.17, 15) is 4.79 Å². The molecule has 4 rings (SSSR count). The summed E-state index contributed by atoms with van der Waals surface area (Å²) in [6, 6.07) is 7.85. The van der Waals surface area contributed by atoms with Gasteiger partial charge in [0.05, 0.1) is 11.8 Å². The van der Waals surface area contributed by atoms with Crippen LogP contribution in [0.2, 0.25) is 0 Å². The standard InChI is InChI=1S/C23H28N4O3S/c1-15(2)29-19-7-5-18(6-8-19)22-24-21(14-31-22)23(28)27-11-9-26(10-12-27)13-20-16(3)25-30-17(20)4/h5-8,14-15H,9-13H2,1-4H3. The molecule has 8 heteroatoms. The van der Waals surface area contributed by atoms with E-state index in [4.69, 9.17) is 9.26 Å². The minimum Gasteiger partial charge on any atom is -0.491 e. The van der Waals surface area contributed by atoms with Crippen LogP contribution in [-0.2, 0) is 6.54 Å². The largest absolute Gasteiger partial charge is 0.491 e. The van der Waals surface area contributed by atoms with E-state index >= 15 is 0 Å². The molecule has 0 aliphatic carbocycles. The van der Waals surface area contributed by atoms with Gasteiger partial charge in [0, 0.05) is 49.2 Å². The summed E-state index contributed by atoms with van der Waals surface area (Å²) in [5, 5.41) is 6.73. The molecule has 1 aliphatic heterocycles. The van der Waals surface area contributed by atoms with Crippen LogP contribution in [0.5, 0.6) is 5.75 Å². The van der Waals surface area contributed by atoms with E-state index in [1.54, 1.807) is 0 Å². The number of hydrogen-bond donors (Lipinski definition) is 0. The van der Waals surface area contributed by atoms with Crippen molar-refractivity contribution in [1.29, 1.82) is 0 Å². The molecule has 0 atom stereocenters. The van der Waals surface area contributed by atoms with Crippen LogP contribution in [0.1, 0.15) is 41.4 Å². The second kappa shape index (κ2) is 9.20. The van der Waals surface area contributed by atoms with Gasteiger partial charge < -0.3 is 14.2 Å². The summed E-state index contributed by atoms with van der Waals surface area (Å²) in [6.07, 6.45) is 0.139. The van der Waals surface area contributed by atoms with Crippen LogP contribution in [0, 0.1) is 13.8 Å². The van der Waals surface area contributed by atoms with E-state index in [-0.39, 0.29) is 12.0 Å². The zero-order valence-corrected chi connectivity index (χ0v) is 19.2. The summed E-state index contributed by atoms with van der Waals surface area (Å²) < 4.78 is 11.0. The predicted molar refractivity (Wildman–Crippen MR) is 120 cm³/mol. The van der Waals surface area contributed by atoms with Gasteiger partial charge in [0.25, 0.3) is 5.91 Å². The molecule has 31 heavy (non-hydrogen) atoms. The Morgan fingerprint density at radius 2 is 1.87 bits per heavy atom. The van der Waals surface area contributed by atoms with Crippen molar-refractivity contribution in [2.45, 2.75) is 40.3 Å². The number of benzene rings is 1. The highest BCUT2D eigenvalue weighted by molar-refractivity contribution is 7.13. The lowest BCUT2D eigenvalue weighted by Gasteiger charge is -2.34. The molecule has 1 saturated heterocycles. The van der Waals surface area contributed by atoms with Crippen molar-refractivity contribution in [3.05, 3.63) is 52.4 Å². The molecule has 0 radical (unpaired) electrons. The molecule has 2 aromatic heterocycles. The van der Waals surface area contributed by atoms with Gasteiger partial charge in [-0.15, -0.1) is 11.3 Å². The van der Waals surface area contributed by atoms with Gasteiger partial charge in [-0.1, -0.05) is 5.16 Å². The first kappa shape index (κ1) is 21.5. The molecule has 0 spiro atoms. The Kier molecular flexibility index (Phi) is 6.38. The third-order valence-electron chi connectivity index (χ3n) is 5.42. The van der Waals surface area contributed by atoms with Crippen molar-refractivity contribution in [3.8, 4) is 16.3 Å². The van der Waals surface area contributed by atoms with Gasteiger partial charge in [0.2, 0.25) is 0 Å². The summed E-state index contributed by atoms with van der Waals surface area (Å²) in [6.45, 7) is 11.8. The highest BCUT2D eigenvalue weighted by atomic mass is 32.1. The van der Waals surface area contributed by atoms with Crippen molar-refractivity contribution in [3.63, 3.8) is 0 Å². The first-order valence-corrected chi connectivity index (χ1v) is 11.4. The van der Waals surface area contributed by atoms with Crippen molar-refractivity contribution in [2.75, 3.05) is 26.2 Å². The van der Waals surface area contributed by atoms with E-state index in [1.807, 2.05) is 62.2 Å². The molecule has 1 amide bonds. The molecule has 1 fully saturated rings. The molecule has 1 aromatic carbocycles. The number of nitrogens with zero attached hydrogens (tertiary/aromatic N) is 4. The maximum Gasteiger partial charge on any atom is 0.273 e. The summed E-state index contributed by atoms with van der Waals surface area (Å²) >= 11 is 1.49. The minimum absolute atomic E-state index is 0.000694. The lowest BCUT2D eigenvalue weighted by molar-refractivity contribution is 0.0622. The SMILES string of the molecule is Cc1noc(C)c1CN1CCN(C(=O)c2csc(-c3ccc(OC(C)C)cc3)n2)CC1. The Balaban J connectivity index is 1.35. The van der Waals surface area contributed by atoms with Crippen molar-refractivity contribution in [1.82, 2.24) is 19.9 Å². The summed E-state index contributed by atoms with van der Waals surface area (Å²) in [5.41, 5.74) is 3.59. The van der Waals surface area contributed by atoms with E-state index in [2.05, 4.69) is 15.0 Å². The fraction of sp³-hybridized carbons (Fsp3) is 0.435. The number of thiazole rings is 1. The molecule has 164 valence electrons. The number of aryl methyl sites for hydroxylation is 2. The number of aromatic nitrogens is 2. The minimum atomic E-state index is -0.000694. The highest BCUT2D eigenvalue weighted by Gasteiger charge is 2.25. The average molecular weight is 441 g/mol. The van der Waals surface area contributed by atoms with E-state index in [0.717, 1.165) is 53.0 Å². The van der Waals surface area contributed by atoms with Gasteiger partial charge >= 0.3 is 0 Å². The first-order valence-electron chi connectivity index (χ1n) is 10.6. The van der Waals surface area contributed by atoms with Crippen molar-refractivity contribution < 1.29 is 14.1 Å². The second-order valence-corrected chi connectivity index (χ2v) is 8.96. The number of carbonyl (C=O) groups is 1. The molecule has 0 bridgehead atoms. The van der Waals surface area contributed by atoms with Crippen LogP contribution in [0.4, 0.5) is 0 Å². The van der Waals surface area contributed by atoms with Gasteiger partial charge in [-0.25, -0.2) is 4.98 Å². The number of ether oxygens (including phenoxy) is 1. The third kappa shape index (κ3) is 4.97. The average Bonchev–Trinajstić information content (AvgIpc) is 3.37. The van der Waals surface area contributed by atoms with Crippen LogP contribution >= 0.6 is 11.3 Å². The Morgan fingerprint density at radius 1 is 1.16 bits per heavy atom. The van der Waals surface area contributed by atoms with Gasteiger partial charge in [-0.3, -0.25) is 9.69 Å². The smallest absolute Gasteiger partial charge is 0.273 e. The summed E-state index contributed by atoms with van der Waals surface area (Å²) in [5.74, 6) is 1.70. The van der Waals surface area contributed by atoms with Crippen molar-refractivity contribution in [2.24, 2.45) is 0 Å². The Hall–Kier alpha value is -2.71. The highest BCUT2D eigenvalue weighted by Crippen LogP contribution is 2.27. The van der Waals surface area contributed by atoms with Gasteiger partial charge in [0.15, 0.2) is 0 Å². The molecule has 3 aromatic rings. The molecule has 0 saturated carbocycles. The maximum absolute atomic E-state index is 13.0. The van der Waals surface area contributed by atoms with Crippen LogP contribution < -0.4 is 4.74 Å². The Bertz CT molecular complexity index is 1010. The van der Waals surface area contributed by atoms with E-state index < -0.39 is 0 Å². The molecular formula is C23H28N4O3S. The van der Waals surface area contributed by atoms with Gasteiger partial charge in [-0.05, 0) is 52.0 Å². The van der Waals surface area contributed by atoms with Gasteiger partial charge in [0.1, 0.15) is 22.2 Å². The predicted octanol–water partition coefficient (Wildman–Crippen LogP) is 4.16. The number of piperazine rings is 1. The third-order valence-corrected chi connectivity index (χ3v) is 6.31. The summed E-state index contributed by atoms with van der Waals surface area (Å²) in [7, 11) is 0. The Labute approximate surface area is 186 Å². The molecule has 1 aliphatic rings. The quantitative estimate of drug-likeness (QED) is 0.573. The lowest BCUT2D eigenvalue weighted by Crippen LogP contribution is -2.48. The van der Waals surface area contributed by atoms with Crippen LogP contribution in [-0.4, -0.2) is 58.1 Å². The number of hydrogen-bond acceptors (Lipinski definition) is 7. The Morgan fingerprint density at radius 3 is 2.48 bits per heavy atom. The fourth-order valence-electron chi connectivity index (χ4n) is 3.68. The number of amides is 1. The molecule has 0 N–H and O–H groups in total. The molecule has 3 heterocycles. The summed E-state index contributed by atoms with van der Waals surface area (Å²) in [4.78, 5) is 21.8. The topological polar surface area (TPSA) is 71.7 Å². The zero-order valence-electron chi connectivity index (χ0n) is 18.4. The number of rotatable bonds is 6. The van der Waals surface area contributed by atoms with E-state index in [1.165, 1.54) is 11.3 Å². The zero-order chi connectivity index (χ0) is 22.0. The molecular weight excluding hydrogens is 412 g/mol. The number of carbonyl (C=O) groups excluding carboxylic acids is 1. The van der Waals surface area contributed by atoms with Gasteiger partial charge in [-0.2, -0.15) is 0 Å². The fourth-order valence-corrected chi connectivity index (χ4v) is 4.48. The van der Waals surface area contributed by atoms with Crippen LogP contribution in [0.25, 0.3) is 10.6 Å². The molecule has 0 unspecified atom stereocenters. The first-order chi connectivity index (χ1) is 14.9. The van der Waals surface area contributed by atoms with E-state index in [0.29, 0.717) is 18.8 Å². The normalized spacial score (nSPS) is 14.9.